The summed E-state index contributed by atoms with van der Waals surface area (Å²) < 4.78 is 4.65. The van der Waals surface area contributed by atoms with E-state index in [1.165, 1.54) is 18.1 Å². The molecule has 2 amide bonds. The number of anilines is 1. The Labute approximate surface area is 161 Å². The molecule has 1 N–H and O–H groups in total. The largest absolute Gasteiger partial charge is 0.465 e. The lowest BCUT2D eigenvalue weighted by Crippen LogP contribution is -2.54. The van der Waals surface area contributed by atoms with Gasteiger partial charge < -0.3 is 4.74 Å². The summed E-state index contributed by atoms with van der Waals surface area (Å²) in [5.41, 5.74) is 2.54. The molecule has 0 bridgehead atoms. The first-order valence-corrected chi connectivity index (χ1v) is 8.48. The van der Waals surface area contributed by atoms with Crippen LogP contribution < -0.4 is 10.2 Å². The highest BCUT2D eigenvalue weighted by molar-refractivity contribution is 7.80. The van der Waals surface area contributed by atoms with E-state index in [2.05, 4.69) is 10.1 Å². The first-order valence-electron chi connectivity index (χ1n) is 8.07. The smallest absolute Gasteiger partial charge is 0.337 e. The zero-order chi connectivity index (χ0) is 19.6. The molecule has 7 heteroatoms. The number of hydrogen-bond donors (Lipinski definition) is 1. The molecule has 2 aromatic carbocycles. The third kappa shape index (κ3) is 3.78. The van der Waals surface area contributed by atoms with Crippen molar-refractivity contribution >= 4 is 46.9 Å². The average Bonchev–Trinajstić information content (AvgIpc) is 2.66. The monoisotopic (exact) mass is 380 g/mol. The van der Waals surface area contributed by atoms with Gasteiger partial charge in [-0.25, -0.2) is 4.79 Å². The number of hydrogen-bond acceptors (Lipinski definition) is 5. The highest BCUT2D eigenvalue weighted by atomic mass is 32.1. The van der Waals surface area contributed by atoms with Crippen LogP contribution in [0.2, 0.25) is 0 Å². The van der Waals surface area contributed by atoms with Crippen LogP contribution in [0.3, 0.4) is 0 Å². The molecule has 0 atom stereocenters. The molecule has 0 radical (unpaired) electrons. The highest BCUT2D eigenvalue weighted by Crippen LogP contribution is 2.22. The van der Waals surface area contributed by atoms with Gasteiger partial charge in [0.2, 0.25) is 0 Å². The van der Waals surface area contributed by atoms with E-state index in [1.54, 1.807) is 36.4 Å². The molecular formula is C20H16N2O4S. The second-order valence-electron chi connectivity index (χ2n) is 5.91. The molecule has 136 valence electrons. The van der Waals surface area contributed by atoms with Crippen molar-refractivity contribution in [3.8, 4) is 0 Å². The highest BCUT2D eigenvalue weighted by Gasteiger charge is 2.34. The average molecular weight is 380 g/mol. The quantitative estimate of drug-likeness (QED) is 0.383. The van der Waals surface area contributed by atoms with Crippen molar-refractivity contribution in [2.75, 3.05) is 12.0 Å². The minimum atomic E-state index is -0.564. The van der Waals surface area contributed by atoms with Gasteiger partial charge in [0.25, 0.3) is 11.8 Å². The Hall–Kier alpha value is -3.32. The number of amides is 2. The Balaban J connectivity index is 1.94. The molecule has 1 aliphatic rings. The lowest BCUT2D eigenvalue weighted by atomic mass is 10.1. The van der Waals surface area contributed by atoms with Crippen LogP contribution in [0.1, 0.15) is 21.5 Å². The van der Waals surface area contributed by atoms with Crippen LogP contribution in [0.5, 0.6) is 0 Å². The fourth-order valence-corrected chi connectivity index (χ4v) is 2.87. The van der Waals surface area contributed by atoms with Crippen molar-refractivity contribution in [2.45, 2.75) is 6.92 Å². The maximum atomic E-state index is 12.9. The Morgan fingerprint density at radius 1 is 1.07 bits per heavy atom. The van der Waals surface area contributed by atoms with Gasteiger partial charge >= 0.3 is 5.97 Å². The van der Waals surface area contributed by atoms with Gasteiger partial charge in [0.1, 0.15) is 5.57 Å². The minimum Gasteiger partial charge on any atom is -0.465 e. The van der Waals surface area contributed by atoms with Gasteiger partial charge in [-0.05, 0) is 55.0 Å². The second kappa shape index (κ2) is 7.51. The topological polar surface area (TPSA) is 75.7 Å². The van der Waals surface area contributed by atoms with E-state index in [0.29, 0.717) is 16.8 Å². The van der Waals surface area contributed by atoms with Crippen LogP contribution >= 0.6 is 12.2 Å². The lowest BCUT2D eigenvalue weighted by molar-refractivity contribution is -0.122. The number of ether oxygens (including phenoxy) is 1. The van der Waals surface area contributed by atoms with E-state index in [4.69, 9.17) is 12.2 Å². The lowest BCUT2D eigenvalue weighted by Gasteiger charge is -2.29. The van der Waals surface area contributed by atoms with Crippen LogP contribution in [0.25, 0.3) is 6.08 Å². The SMILES string of the molecule is COC(=O)c1ccc(/C=C2\C(=O)NC(=S)N(c3ccc(C)cc3)C2=O)cc1. The molecule has 3 rings (SSSR count). The number of esters is 1. The third-order valence-corrected chi connectivity index (χ3v) is 4.32. The molecular weight excluding hydrogens is 364 g/mol. The zero-order valence-corrected chi connectivity index (χ0v) is 15.5. The summed E-state index contributed by atoms with van der Waals surface area (Å²) in [6, 6.07) is 13.6. The van der Waals surface area contributed by atoms with Crippen molar-refractivity contribution < 1.29 is 19.1 Å². The van der Waals surface area contributed by atoms with Gasteiger partial charge in [-0.1, -0.05) is 29.8 Å². The molecule has 2 aromatic rings. The van der Waals surface area contributed by atoms with Crippen molar-refractivity contribution in [1.82, 2.24) is 5.32 Å². The van der Waals surface area contributed by atoms with Crippen LogP contribution in [-0.2, 0) is 14.3 Å². The molecule has 27 heavy (non-hydrogen) atoms. The van der Waals surface area contributed by atoms with E-state index >= 15 is 0 Å². The molecule has 1 saturated heterocycles. The molecule has 1 fully saturated rings. The predicted molar refractivity (Wildman–Crippen MR) is 105 cm³/mol. The molecule has 1 heterocycles. The Morgan fingerprint density at radius 3 is 2.30 bits per heavy atom. The van der Waals surface area contributed by atoms with E-state index < -0.39 is 17.8 Å². The van der Waals surface area contributed by atoms with E-state index in [0.717, 1.165) is 5.56 Å². The summed E-state index contributed by atoms with van der Waals surface area (Å²) in [6.45, 7) is 1.94. The summed E-state index contributed by atoms with van der Waals surface area (Å²) >= 11 is 5.17. The maximum Gasteiger partial charge on any atom is 0.337 e. The van der Waals surface area contributed by atoms with Gasteiger partial charge in [-0.2, -0.15) is 0 Å². The maximum absolute atomic E-state index is 12.9. The molecule has 0 unspecified atom stereocenters. The number of rotatable bonds is 3. The summed E-state index contributed by atoms with van der Waals surface area (Å²) in [5.74, 6) is -1.54. The van der Waals surface area contributed by atoms with Gasteiger partial charge in [-0.15, -0.1) is 0 Å². The standard InChI is InChI=1S/C20H16N2O4S/c1-12-3-9-15(10-4-12)22-18(24)16(17(23)21-20(22)27)11-13-5-7-14(8-6-13)19(25)26-2/h3-11H,1-2H3,(H,21,23,27)/b16-11+. The summed E-state index contributed by atoms with van der Waals surface area (Å²) in [7, 11) is 1.30. The second-order valence-corrected chi connectivity index (χ2v) is 6.29. The summed E-state index contributed by atoms with van der Waals surface area (Å²) in [4.78, 5) is 38.0. The number of nitrogens with zero attached hydrogens (tertiary/aromatic N) is 1. The number of carbonyl (C=O) groups excluding carboxylic acids is 3. The molecule has 0 spiro atoms. The van der Waals surface area contributed by atoms with Crippen LogP contribution in [-0.4, -0.2) is 30.0 Å². The number of thiocarbonyl (C=S) groups is 1. The van der Waals surface area contributed by atoms with Gasteiger partial charge in [0.05, 0.1) is 18.4 Å². The summed E-state index contributed by atoms with van der Waals surface area (Å²) in [6.07, 6.45) is 1.46. The molecule has 0 aromatic heterocycles. The van der Waals surface area contributed by atoms with Gasteiger partial charge in [0.15, 0.2) is 5.11 Å². The number of benzene rings is 2. The van der Waals surface area contributed by atoms with Gasteiger partial charge in [-0.3, -0.25) is 19.8 Å². The molecule has 1 aliphatic heterocycles. The molecule has 6 nitrogen and oxygen atoms in total. The normalized spacial score (nSPS) is 15.7. The molecule has 0 aliphatic carbocycles. The van der Waals surface area contributed by atoms with Crippen molar-refractivity contribution in [3.63, 3.8) is 0 Å². The van der Waals surface area contributed by atoms with E-state index in [1.807, 2.05) is 19.1 Å². The first-order chi connectivity index (χ1) is 12.9. The Morgan fingerprint density at radius 2 is 1.70 bits per heavy atom. The summed E-state index contributed by atoms with van der Waals surface area (Å²) in [5, 5.41) is 2.57. The number of methoxy groups -OCH3 is 1. The van der Waals surface area contributed by atoms with Crippen LogP contribution in [0.4, 0.5) is 5.69 Å². The van der Waals surface area contributed by atoms with E-state index in [-0.39, 0.29) is 10.7 Å². The van der Waals surface area contributed by atoms with Crippen molar-refractivity contribution in [3.05, 3.63) is 70.8 Å². The predicted octanol–water partition coefficient (Wildman–Crippen LogP) is 2.61. The van der Waals surface area contributed by atoms with Crippen molar-refractivity contribution in [1.29, 1.82) is 0 Å². The Kier molecular flexibility index (Phi) is 5.14. The van der Waals surface area contributed by atoms with Crippen LogP contribution in [0, 0.1) is 6.92 Å². The number of carbonyl (C=O) groups is 3. The zero-order valence-electron chi connectivity index (χ0n) is 14.7. The number of nitrogens with one attached hydrogen (secondary N) is 1. The fraction of sp³-hybridized carbons (Fsp3) is 0.100. The van der Waals surface area contributed by atoms with Crippen LogP contribution in [0.15, 0.2) is 54.1 Å². The fourth-order valence-electron chi connectivity index (χ4n) is 2.59. The van der Waals surface area contributed by atoms with E-state index in [9.17, 15) is 14.4 Å². The minimum absolute atomic E-state index is 0.0343. The first kappa shape index (κ1) is 18.5. The third-order valence-electron chi connectivity index (χ3n) is 4.04. The number of aryl methyl sites for hydroxylation is 1. The van der Waals surface area contributed by atoms with Gasteiger partial charge in [0, 0.05) is 0 Å². The molecule has 0 saturated carbocycles. The van der Waals surface area contributed by atoms with Crippen molar-refractivity contribution in [2.24, 2.45) is 0 Å². The Bertz CT molecular complexity index is 962.